The molecule has 0 saturated carbocycles. The highest BCUT2D eigenvalue weighted by molar-refractivity contribution is 6.33. The van der Waals surface area contributed by atoms with Crippen molar-refractivity contribution in [3.8, 4) is 0 Å². The van der Waals surface area contributed by atoms with E-state index in [1.807, 2.05) is 0 Å². The second kappa shape index (κ2) is 8.67. The van der Waals surface area contributed by atoms with E-state index < -0.39 is 29.5 Å². The van der Waals surface area contributed by atoms with Crippen LogP contribution in [0.2, 0.25) is 5.02 Å². The number of amides is 2. The lowest BCUT2D eigenvalue weighted by Gasteiger charge is -2.34. The summed E-state index contributed by atoms with van der Waals surface area (Å²) in [4.78, 5) is 31.8. The van der Waals surface area contributed by atoms with Crippen LogP contribution in [0.5, 0.6) is 0 Å². The number of hydrogen-bond acceptors (Lipinski definition) is 5. The molecule has 0 aliphatic carbocycles. The van der Waals surface area contributed by atoms with E-state index >= 15 is 0 Å². The molecular formula is C21H19ClF4N4O2. The van der Waals surface area contributed by atoms with Crippen LogP contribution in [0.15, 0.2) is 36.5 Å². The van der Waals surface area contributed by atoms with Gasteiger partial charge in [-0.25, -0.2) is 14.3 Å². The number of piperidine rings is 1. The molecule has 32 heavy (non-hydrogen) atoms. The van der Waals surface area contributed by atoms with Gasteiger partial charge in [0.15, 0.2) is 0 Å². The van der Waals surface area contributed by atoms with Gasteiger partial charge < -0.3 is 10.2 Å². The van der Waals surface area contributed by atoms with E-state index in [9.17, 15) is 27.2 Å². The van der Waals surface area contributed by atoms with Crippen LogP contribution in [0.3, 0.4) is 0 Å². The molecule has 0 spiro atoms. The van der Waals surface area contributed by atoms with E-state index in [4.69, 9.17) is 11.6 Å². The molecule has 2 amide bonds. The average molecular weight is 471 g/mol. The molecule has 2 saturated heterocycles. The first-order chi connectivity index (χ1) is 15.1. The number of rotatable bonds is 4. The van der Waals surface area contributed by atoms with Crippen molar-refractivity contribution < 1.29 is 27.2 Å². The molecular weight excluding hydrogens is 452 g/mol. The van der Waals surface area contributed by atoms with E-state index in [-0.39, 0.29) is 29.2 Å². The number of benzene rings is 1. The molecule has 1 N–H and O–H groups in total. The second-order valence-electron chi connectivity index (χ2n) is 7.76. The van der Waals surface area contributed by atoms with Crippen LogP contribution in [0.4, 0.5) is 29.1 Å². The third-order valence-electron chi connectivity index (χ3n) is 5.61. The van der Waals surface area contributed by atoms with Gasteiger partial charge in [-0.1, -0.05) is 11.6 Å². The number of aromatic nitrogens is 1. The van der Waals surface area contributed by atoms with Crippen molar-refractivity contribution in [2.24, 2.45) is 0 Å². The van der Waals surface area contributed by atoms with Gasteiger partial charge in [-0.15, -0.1) is 0 Å². The summed E-state index contributed by atoms with van der Waals surface area (Å²) < 4.78 is 51.6. The van der Waals surface area contributed by atoms with E-state index in [0.29, 0.717) is 31.6 Å². The molecule has 0 bridgehead atoms. The first-order valence-electron chi connectivity index (χ1n) is 9.99. The van der Waals surface area contributed by atoms with Crippen molar-refractivity contribution in [2.45, 2.75) is 37.5 Å². The van der Waals surface area contributed by atoms with Gasteiger partial charge in [0.2, 0.25) is 5.91 Å². The summed E-state index contributed by atoms with van der Waals surface area (Å²) in [5.41, 5.74) is -0.582. The van der Waals surface area contributed by atoms with Crippen molar-refractivity contribution in [2.75, 3.05) is 22.9 Å². The molecule has 4 rings (SSSR count). The zero-order valence-electron chi connectivity index (χ0n) is 16.7. The standard InChI is InChI=1S/C21H19ClF4N4O2/c22-16-9-12(21(24,25)26)11-27-19(16)29-7-5-14(6-8-29)28-17-10-18(31)30(20(17)32)15-3-1-13(23)2-4-15/h1-4,9,11,14,17,28H,5-8,10H2/t17-/m1/s1. The number of carbonyl (C=O) groups excluding carboxylic acids is 2. The van der Waals surface area contributed by atoms with Crippen LogP contribution < -0.4 is 15.1 Å². The molecule has 6 nitrogen and oxygen atoms in total. The fourth-order valence-corrected chi connectivity index (χ4v) is 4.27. The topological polar surface area (TPSA) is 65.5 Å². The predicted molar refractivity (Wildman–Crippen MR) is 110 cm³/mol. The lowest BCUT2D eigenvalue weighted by molar-refractivity contribution is -0.137. The minimum atomic E-state index is -4.51. The Morgan fingerprint density at radius 3 is 2.34 bits per heavy atom. The smallest absolute Gasteiger partial charge is 0.355 e. The fraction of sp³-hybridized carbons (Fsp3) is 0.381. The Balaban J connectivity index is 1.36. The summed E-state index contributed by atoms with van der Waals surface area (Å²) in [6, 6.07) is 5.26. The minimum absolute atomic E-state index is 0.00269. The maximum atomic E-state index is 13.1. The van der Waals surface area contributed by atoms with Gasteiger partial charge in [0.25, 0.3) is 5.91 Å². The van der Waals surface area contributed by atoms with Crippen molar-refractivity contribution in [1.29, 1.82) is 0 Å². The molecule has 170 valence electrons. The van der Waals surface area contributed by atoms with E-state index in [0.717, 1.165) is 17.2 Å². The van der Waals surface area contributed by atoms with Crippen LogP contribution >= 0.6 is 11.6 Å². The highest BCUT2D eigenvalue weighted by Gasteiger charge is 2.41. The van der Waals surface area contributed by atoms with Gasteiger partial charge in [0, 0.05) is 25.3 Å². The molecule has 3 heterocycles. The molecule has 2 aliphatic rings. The lowest BCUT2D eigenvalue weighted by Crippen LogP contribution is -2.49. The fourth-order valence-electron chi connectivity index (χ4n) is 3.98. The maximum Gasteiger partial charge on any atom is 0.417 e. The van der Waals surface area contributed by atoms with Gasteiger partial charge in [0.05, 0.1) is 28.7 Å². The van der Waals surface area contributed by atoms with Crippen LogP contribution in [0, 0.1) is 5.82 Å². The van der Waals surface area contributed by atoms with Crippen molar-refractivity contribution >= 4 is 34.9 Å². The van der Waals surface area contributed by atoms with E-state index in [2.05, 4.69) is 10.3 Å². The molecule has 2 aromatic rings. The molecule has 11 heteroatoms. The van der Waals surface area contributed by atoms with Gasteiger partial charge in [-0.3, -0.25) is 9.59 Å². The Bertz CT molecular complexity index is 1020. The number of hydrogen-bond donors (Lipinski definition) is 1. The van der Waals surface area contributed by atoms with Crippen LogP contribution in [0.1, 0.15) is 24.8 Å². The summed E-state index contributed by atoms with van der Waals surface area (Å²) in [5.74, 6) is -0.932. The number of alkyl halides is 3. The number of halogens is 5. The van der Waals surface area contributed by atoms with Crippen molar-refractivity contribution in [3.05, 3.63) is 52.9 Å². The maximum absolute atomic E-state index is 13.1. The van der Waals surface area contributed by atoms with Crippen LogP contribution in [-0.2, 0) is 15.8 Å². The molecule has 1 atom stereocenters. The Morgan fingerprint density at radius 1 is 1.09 bits per heavy atom. The molecule has 1 aromatic carbocycles. The van der Waals surface area contributed by atoms with Crippen molar-refractivity contribution in [1.82, 2.24) is 10.3 Å². The third-order valence-corrected chi connectivity index (χ3v) is 5.89. The van der Waals surface area contributed by atoms with Crippen LogP contribution in [-0.4, -0.2) is 42.0 Å². The van der Waals surface area contributed by atoms with Gasteiger partial charge in [0.1, 0.15) is 11.6 Å². The Labute approximate surface area is 186 Å². The Morgan fingerprint density at radius 2 is 1.75 bits per heavy atom. The van der Waals surface area contributed by atoms with Gasteiger partial charge >= 0.3 is 6.18 Å². The minimum Gasteiger partial charge on any atom is -0.355 e. The summed E-state index contributed by atoms with van der Waals surface area (Å²) in [5, 5.41) is 3.14. The first kappa shape index (κ1) is 22.5. The quantitative estimate of drug-likeness (QED) is 0.544. The summed E-state index contributed by atoms with van der Waals surface area (Å²) in [6.07, 6.45) is -2.57. The number of nitrogens with zero attached hydrogens (tertiary/aromatic N) is 3. The lowest BCUT2D eigenvalue weighted by atomic mass is 10.0. The Kier molecular flexibility index (Phi) is 6.09. The summed E-state index contributed by atoms with van der Waals surface area (Å²) in [6.45, 7) is 0.957. The number of imide groups is 1. The molecule has 1 aromatic heterocycles. The monoisotopic (exact) mass is 470 g/mol. The molecule has 2 aliphatic heterocycles. The normalized spacial score (nSPS) is 20.3. The number of nitrogens with one attached hydrogen (secondary N) is 1. The average Bonchev–Trinajstić information content (AvgIpc) is 3.02. The number of anilines is 2. The first-order valence-corrected chi connectivity index (χ1v) is 10.4. The van der Waals surface area contributed by atoms with Gasteiger partial charge in [-0.2, -0.15) is 13.2 Å². The second-order valence-corrected chi connectivity index (χ2v) is 8.16. The molecule has 0 radical (unpaired) electrons. The van der Waals surface area contributed by atoms with E-state index in [1.54, 1.807) is 4.90 Å². The SMILES string of the molecule is O=C1C[C@@H](NC2CCN(c3ncc(C(F)(F)F)cc3Cl)CC2)C(=O)N1c1ccc(F)cc1. The molecule has 0 unspecified atom stereocenters. The highest BCUT2D eigenvalue weighted by Crippen LogP contribution is 2.34. The highest BCUT2D eigenvalue weighted by atomic mass is 35.5. The zero-order valence-corrected chi connectivity index (χ0v) is 17.5. The predicted octanol–water partition coefficient (Wildman–Crippen LogP) is 3.78. The van der Waals surface area contributed by atoms with Crippen LogP contribution in [0.25, 0.3) is 0 Å². The summed E-state index contributed by atoms with van der Waals surface area (Å²) in [7, 11) is 0. The molecule has 2 fully saturated rings. The van der Waals surface area contributed by atoms with E-state index in [1.165, 1.54) is 24.3 Å². The Hall–Kier alpha value is -2.72. The number of carbonyl (C=O) groups is 2. The zero-order chi connectivity index (χ0) is 23.0. The number of pyridine rings is 1. The van der Waals surface area contributed by atoms with Crippen molar-refractivity contribution in [3.63, 3.8) is 0 Å². The van der Waals surface area contributed by atoms with Gasteiger partial charge in [-0.05, 0) is 43.2 Å². The third kappa shape index (κ3) is 4.56. The largest absolute Gasteiger partial charge is 0.417 e. The summed E-state index contributed by atoms with van der Waals surface area (Å²) >= 11 is 6.03.